The maximum atomic E-state index is 6.75. The van der Waals surface area contributed by atoms with E-state index in [0.717, 1.165) is 28.0 Å². The van der Waals surface area contributed by atoms with Gasteiger partial charge in [-0.05, 0) is 53.4 Å². The Bertz CT molecular complexity index is 2020. The van der Waals surface area contributed by atoms with Gasteiger partial charge >= 0.3 is 0 Å². The maximum Gasteiger partial charge on any atom is 0.297 e. The Hall–Kier alpha value is -4.77. The molecule has 0 N–H and O–H groups in total. The topological polar surface area (TPSA) is 34.2 Å². The molecular weight excluding hydrogens is 441 g/mol. The second-order valence-electron chi connectivity index (χ2n) is 9.60. The van der Waals surface area contributed by atoms with E-state index in [1.165, 1.54) is 44.1 Å². The van der Waals surface area contributed by atoms with Gasteiger partial charge in [0.25, 0.3) is 6.71 Å². The van der Waals surface area contributed by atoms with Crippen LogP contribution in [0.4, 0.5) is 17.1 Å². The first-order valence-electron chi connectivity index (χ1n) is 12.3. The molecule has 9 rings (SSSR count). The fraction of sp³-hybridized carbons (Fsp3) is 0. The number of furan rings is 1. The van der Waals surface area contributed by atoms with Crippen LogP contribution in [-0.4, -0.2) is 16.3 Å². The Balaban J connectivity index is 1.51. The lowest BCUT2D eigenvalue weighted by molar-refractivity contribution is 0.651. The highest BCUT2D eigenvalue weighted by atomic mass is 16.3. The lowest BCUT2D eigenvalue weighted by Gasteiger charge is -2.37. The molecule has 5 heteroatoms. The van der Waals surface area contributed by atoms with Crippen LogP contribution in [0.5, 0.6) is 0 Å². The summed E-state index contributed by atoms with van der Waals surface area (Å²) in [7, 11) is 0. The van der Waals surface area contributed by atoms with Crippen molar-refractivity contribution in [2.24, 2.45) is 0 Å². The lowest BCUT2D eigenvalue weighted by Crippen LogP contribution is -2.59. The molecule has 7 aromatic rings. The minimum Gasteiger partial charge on any atom is -0.468 e. The number of nitrogens with zero attached hydrogens (tertiary/aromatic N) is 3. The molecule has 0 unspecified atom stereocenters. The fourth-order valence-corrected chi connectivity index (χ4v) is 6.52. The number of rotatable bonds is 1. The van der Waals surface area contributed by atoms with Crippen molar-refractivity contribution in [3.63, 3.8) is 0 Å². The molecular formula is C31H18BN3O. The first kappa shape index (κ1) is 18.5. The zero-order valence-corrected chi connectivity index (χ0v) is 19.2. The molecule has 0 fully saturated rings. The zero-order chi connectivity index (χ0) is 23.4. The molecule has 36 heavy (non-hydrogen) atoms. The highest BCUT2D eigenvalue weighted by molar-refractivity contribution is 6.99. The monoisotopic (exact) mass is 459 g/mol. The van der Waals surface area contributed by atoms with Crippen LogP contribution in [0.25, 0.3) is 38.5 Å². The number of para-hydroxylation sites is 3. The van der Waals surface area contributed by atoms with Gasteiger partial charge in [0.1, 0.15) is 5.58 Å². The van der Waals surface area contributed by atoms with Gasteiger partial charge in [-0.3, -0.25) is 4.98 Å². The Morgan fingerprint density at radius 3 is 2.44 bits per heavy atom. The predicted octanol–water partition coefficient (Wildman–Crippen LogP) is 5.54. The molecule has 2 aliphatic heterocycles. The van der Waals surface area contributed by atoms with Crippen LogP contribution in [0, 0.1) is 0 Å². The van der Waals surface area contributed by atoms with Crippen LogP contribution in [0.2, 0.25) is 0 Å². The molecule has 3 aromatic heterocycles. The van der Waals surface area contributed by atoms with Crippen molar-refractivity contribution in [1.82, 2.24) is 9.55 Å². The van der Waals surface area contributed by atoms with E-state index in [9.17, 15) is 0 Å². The number of benzene rings is 4. The second-order valence-corrected chi connectivity index (χ2v) is 9.60. The summed E-state index contributed by atoms with van der Waals surface area (Å²) >= 11 is 0. The smallest absolute Gasteiger partial charge is 0.297 e. The molecule has 2 aliphatic rings. The van der Waals surface area contributed by atoms with Crippen molar-refractivity contribution in [3.8, 4) is 5.69 Å². The third kappa shape index (κ3) is 2.10. The summed E-state index contributed by atoms with van der Waals surface area (Å²) < 4.78 is 9.17. The molecule has 0 atom stereocenters. The Morgan fingerprint density at radius 2 is 1.50 bits per heavy atom. The molecule has 4 aromatic carbocycles. The molecule has 4 nitrogen and oxygen atoms in total. The van der Waals surface area contributed by atoms with Crippen LogP contribution in [0.3, 0.4) is 0 Å². The van der Waals surface area contributed by atoms with Gasteiger partial charge in [-0.2, -0.15) is 0 Å². The van der Waals surface area contributed by atoms with Crippen LogP contribution in [-0.2, 0) is 0 Å². The van der Waals surface area contributed by atoms with Crippen LogP contribution >= 0.6 is 0 Å². The van der Waals surface area contributed by atoms with E-state index in [1.54, 1.807) is 0 Å². The second kappa shape index (κ2) is 6.46. The third-order valence-electron chi connectivity index (χ3n) is 7.86. The van der Waals surface area contributed by atoms with Gasteiger partial charge in [0.15, 0.2) is 0 Å². The van der Waals surface area contributed by atoms with Crippen molar-refractivity contribution in [2.45, 2.75) is 0 Å². The SMILES string of the molecule is c1ccc(N2c3cccc4c3B(c3oc5ccccc5c32)c2cccc3c5cnccc5n-4c23)cc1. The standard InChI is InChI=1S/C31H18BN3O/c1-2-8-19(9-3-1)34-25-13-7-14-26-28(25)32(31-30(34)21-10-4-5-15-27(21)36-31)23-12-6-11-20-22-18-33-17-16-24(22)35(26)29(20)23/h1-18H. The first-order chi connectivity index (χ1) is 17.9. The van der Waals surface area contributed by atoms with Crippen molar-refractivity contribution < 1.29 is 4.42 Å². The molecule has 0 bridgehead atoms. The van der Waals surface area contributed by atoms with Gasteiger partial charge in [0, 0.05) is 51.1 Å². The van der Waals surface area contributed by atoms with Gasteiger partial charge in [-0.25, -0.2) is 0 Å². The fourth-order valence-electron chi connectivity index (χ4n) is 6.52. The summed E-state index contributed by atoms with van der Waals surface area (Å²) in [5, 5.41) is 3.54. The number of hydrogen-bond acceptors (Lipinski definition) is 3. The molecule has 5 heterocycles. The minimum atomic E-state index is 0.00651. The highest BCUT2D eigenvalue weighted by Crippen LogP contribution is 2.44. The Labute approximate surface area is 207 Å². The average Bonchev–Trinajstić information content (AvgIpc) is 3.49. The summed E-state index contributed by atoms with van der Waals surface area (Å²) in [4.78, 5) is 6.85. The largest absolute Gasteiger partial charge is 0.468 e. The molecule has 0 radical (unpaired) electrons. The van der Waals surface area contributed by atoms with E-state index < -0.39 is 0 Å². The van der Waals surface area contributed by atoms with Crippen LogP contribution < -0.4 is 21.5 Å². The predicted molar refractivity (Wildman–Crippen MR) is 148 cm³/mol. The van der Waals surface area contributed by atoms with Gasteiger partial charge in [-0.15, -0.1) is 0 Å². The molecule has 0 saturated heterocycles. The number of anilines is 3. The molecule has 0 saturated carbocycles. The van der Waals surface area contributed by atoms with Crippen molar-refractivity contribution in [2.75, 3.05) is 4.90 Å². The van der Waals surface area contributed by atoms with Crippen LogP contribution in [0.1, 0.15) is 0 Å². The quantitative estimate of drug-likeness (QED) is 0.303. The van der Waals surface area contributed by atoms with E-state index in [1.807, 2.05) is 12.4 Å². The minimum absolute atomic E-state index is 0.00651. The normalized spacial score (nSPS) is 13.4. The van der Waals surface area contributed by atoms with E-state index in [2.05, 4.69) is 112 Å². The van der Waals surface area contributed by atoms with Gasteiger partial charge in [0.2, 0.25) is 0 Å². The van der Waals surface area contributed by atoms with E-state index >= 15 is 0 Å². The van der Waals surface area contributed by atoms with Crippen LogP contribution in [0.15, 0.2) is 114 Å². The maximum absolute atomic E-state index is 6.75. The summed E-state index contributed by atoms with van der Waals surface area (Å²) in [6.07, 6.45) is 3.88. The number of aromatic nitrogens is 2. The third-order valence-corrected chi connectivity index (χ3v) is 7.86. The summed E-state index contributed by atoms with van der Waals surface area (Å²) in [5.74, 6) is 0. The molecule has 0 aliphatic carbocycles. The first-order valence-corrected chi connectivity index (χ1v) is 12.3. The molecule has 0 spiro atoms. The van der Waals surface area contributed by atoms with Crippen molar-refractivity contribution in [1.29, 1.82) is 0 Å². The zero-order valence-electron chi connectivity index (χ0n) is 19.2. The van der Waals surface area contributed by atoms with E-state index in [4.69, 9.17) is 4.42 Å². The van der Waals surface area contributed by atoms with Gasteiger partial charge < -0.3 is 13.9 Å². The van der Waals surface area contributed by atoms with Crippen molar-refractivity contribution >= 4 is 73.1 Å². The van der Waals surface area contributed by atoms with Gasteiger partial charge in [0.05, 0.1) is 16.9 Å². The van der Waals surface area contributed by atoms with E-state index in [0.29, 0.717) is 0 Å². The van der Waals surface area contributed by atoms with E-state index in [-0.39, 0.29) is 6.71 Å². The summed E-state index contributed by atoms with van der Waals surface area (Å²) in [6, 6.07) is 34.5. The van der Waals surface area contributed by atoms with Gasteiger partial charge in [-0.1, -0.05) is 54.6 Å². The number of fused-ring (bicyclic) bond motifs is 9. The Kier molecular flexibility index (Phi) is 3.33. The lowest BCUT2D eigenvalue weighted by atomic mass is 9.36. The average molecular weight is 459 g/mol. The number of pyridine rings is 1. The Morgan fingerprint density at radius 1 is 0.694 bits per heavy atom. The highest BCUT2D eigenvalue weighted by Gasteiger charge is 2.45. The van der Waals surface area contributed by atoms with Crippen molar-refractivity contribution in [3.05, 3.63) is 109 Å². The summed E-state index contributed by atoms with van der Waals surface area (Å²) in [6.45, 7) is 0.00651. The molecule has 0 amide bonds. The number of hydrogen-bond donors (Lipinski definition) is 0. The molecule has 166 valence electrons. The summed E-state index contributed by atoms with van der Waals surface area (Å²) in [5.41, 5.74) is 11.6.